The van der Waals surface area contributed by atoms with Crippen molar-refractivity contribution in [3.8, 4) is 11.4 Å². The quantitative estimate of drug-likeness (QED) is 0.328. The molecule has 25 heavy (non-hydrogen) atoms. The van der Waals surface area contributed by atoms with Gasteiger partial charge in [-0.2, -0.15) is 0 Å². The van der Waals surface area contributed by atoms with Crippen LogP contribution in [-0.2, 0) is 13.6 Å². The molecule has 3 aromatic rings. The molecule has 0 unspecified atom stereocenters. The van der Waals surface area contributed by atoms with Gasteiger partial charge in [-0.25, -0.2) is 0 Å². The molecule has 7 heteroatoms. The van der Waals surface area contributed by atoms with Crippen LogP contribution in [0.5, 0.6) is 0 Å². The van der Waals surface area contributed by atoms with E-state index in [1.807, 2.05) is 58.8 Å². The van der Waals surface area contributed by atoms with E-state index < -0.39 is 0 Å². The predicted octanol–water partition coefficient (Wildman–Crippen LogP) is 4.21. The zero-order chi connectivity index (χ0) is 17.8. The second kappa shape index (κ2) is 7.84. The van der Waals surface area contributed by atoms with E-state index in [4.69, 9.17) is 0 Å². The molecule has 128 valence electrons. The van der Waals surface area contributed by atoms with E-state index in [0.29, 0.717) is 23.1 Å². The zero-order valence-electron chi connectivity index (χ0n) is 13.7. The summed E-state index contributed by atoms with van der Waals surface area (Å²) in [6.07, 6.45) is 3.67. The standard InChI is InChI=1S/C18H17BrN4OS/c1-3-10-23-17(13-6-8-14(19)9-7-13)20-21-18(23)25-12-16(24)15-5-4-11-22(15)2/h3-9,11H,1,10,12H2,2H3. The maximum Gasteiger partial charge on any atom is 0.192 e. The molecule has 0 aliphatic carbocycles. The third-order valence-corrected chi connectivity index (χ3v) is 5.19. The van der Waals surface area contributed by atoms with Crippen molar-refractivity contribution >= 4 is 33.5 Å². The lowest BCUT2D eigenvalue weighted by Gasteiger charge is -2.08. The molecule has 0 N–H and O–H groups in total. The molecule has 0 bridgehead atoms. The largest absolute Gasteiger partial charge is 0.348 e. The fourth-order valence-electron chi connectivity index (χ4n) is 2.46. The normalized spacial score (nSPS) is 10.8. The third kappa shape index (κ3) is 3.93. The van der Waals surface area contributed by atoms with E-state index in [9.17, 15) is 4.79 Å². The van der Waals surface area contributed by atoms with Gasteiger partial charge < -0.3 is 4.57 Å². The van der Waals surface area contributed by atoms with E-state index in [-0.39, 0.29) is 5.78 Å². The molecule has 0 fully saturated rings. The minimum Gasteiger partial charge on any atom is -0.348 e. The number of thioether (sulfide) groups is 1. The van der Waals surface area contributed by atoms with Gasteiger partial charge in [0.15, 0.2) is 16.8 Å². The Bertz CT molecular complexity index is 898. The number of nitrogens with zero attached hydrogens (tertiary/aromatic N) is 4. The van der Waals surface area contributed by atoms with Gasteiger partial charge in [-0.1, -0.05) is 45.9 Å². The van der Waals surface area contributed by atoms with Crippen LogP contribution in [-0.4, -0.2) is 30.9 Å². The summed E-state index contributed by atoms with van der Waals surface area (Å²) in [5, 5.41) is 9.28. The molecular weight excluding hydrogens is 400 g/mol. The molecule has 0 atom stereocenters. The number of carbonyl (C=O) groups is 1. The lowest BCUT2D eigenvalue weighted by atomic mass is 10.2. The van der Waals surface area contributed by atoms with E-state index in [1.165, 1.54) is 11.8 Å². The van der Waals surface area contributed by atoms with E-state index in [0.717, 1.165) is 15.9 Å². The SMILES string of the molecule is C=CCn1c(SCC(=O)c2cccn2C)nnc1-c1ccc(Br)cc1. The minimum absolute atomic E-state index is 0.0656. The van der Waals surface area contributed by atoms with Gasteiger partial charge in [-0.05, 0) is 24.3 Å². The summed E-state index contributed by atoms with van der Waals surface area (Å²) in [4.78, 5) is 12.4. The van der Waals surface area contributed by atoms with E-state index in [2.05, 4.69) is 32.7 Å². The Labute approximate surface area is 158 Å². The third-order valence-electron chi connectivity index (χ3n) is 3.69. The molecule has 2 aromatic heterocycles. The first-order chi connectivity index (χ1) is 12.1. The first-order valence-electron chi connectivity index (χ1n) is 7.67. The summed E-state index contributed by atoms with van der Waals surface area (Å²) >= 11 is 4.83. The minimum atomic E-state index is 0.0656. The number of allylic oxidation sites excluding steroid dienone is 1. The van der Waals surface area contributed by atoms with Crippen LogP contribution in [0.25, 0.3) is 11.4 Å². The Morgan fingerprint density at radius 1 is 1.28 bits per heavy atom. The molecule has 0 amide bonds. The highest BCUT2D eigenvalue weighted by molar-refractivity contribution is 9.10. The number of benzene rings is 1. The van der Waals surface area contributed by atoms with Crippen LogP contribution in [0.2, 0.25) is 0 Å². The molecule has 0 radical (unpaired) electrons. The fourth-order valence-corrected chi connectivity index (χ4v) is 3.54. The van der Waals surface area contributed by atoms with E-state index >= 15 is 0 Å². The smallest absolute Gasteiger partial charge is 0.192 e. The van der Waals surface area contributed by atoms with Crippen LogP contribution in [0.3, 0.4) is 0 Å². The number of aryl methyl sites for hydroxylation is 1. The highest BCUT2D eigenvalue weighted by Gasteiger charge is 2.16. The Morgan fingerprint density at radius 3 is 2.68 bits per heavy atom. The number of rotatable bonds is 7. The first kappa shape index (κ1) is 17.7. The van der Waals surface area contributed by atoms with Crippen LogP contribution in [0, 0.1) is 0 Å². The molecule has 0 saturated carbocycles. The Balaban J connectivity index is 1.82. The van der Waals surface area contributed by atoms with E-state index in [1.54, 1.807) is 6.08 Å². The Hall–Kier alpha value is -2.12. The van der Waals surface area contributed by atoms with Crippen molar-refractivity contribution < 1.29 is 4.79 Å². The van der Waals surface area contributed by atoms with Crippen molar-refractivity contribution in [1.29, 1.82) is 0 Å². The van der Waals surface area contributed by atoms with Crippen LogP contribution in [0.1, 0.15) is 10.5 Å². The maximum atomic E-state index is 12.4. The molecule has 0 aliphatic heterocycles. The number of ketones is 1. The molecule has 1 aromatic carbocycles. The number of Topliss-reactive ketones (excluding diaryl/α,β-unsaturated/α-hetero) is 1. The van der Waals surface area contributed by atoms with Gasteiger partial charge in [0.2, 0.25) is 0 Å². The Morgan fingerprint density at radius 2 is 2.04 bits per heavy atom. The van der Waals surface area contributed by atoms with Crippen molar-refractivity contribution in [3.05, 3.63) is 65.4 Å². The summed E-state index contributed by atoms with van der Waals surface area (Å²) in [5.74, 6) is 1.14. The lowest BCUT2D eigenvalue weighted by molar-refractivity contribution is 0.101. The summed E-state index contributed by atoms with van der Waals surface area (Å²) in [6, 6.07) is 11.6. The highest BCUT2D eigenvalue weighted by Crippen LogP contribution is 2.25. The van der Waals surface area contributed by atoms with Gasteiger partial charge in [0, 0.05) is 29.8 Å². The summed E-state index contributed by atoms with van der Waals surface area (Å²) in [6.45, 7) is 4.39. The average molecular weight is 417 g/mol. The van der Waals surface area contributed by atoms with Gasteiger partial charge in [-0.15, -0.1) is 16.8 Å². The number of carbonyl (C=O) groups excluding carboxylic acids is 1. The zero-order valence-corrected chi connectivity index (χ0v) is 16.1. The second-order valence-electron chi connectivity index (χ2n) is 5.43. The number of aromatic nitrogens is 4. The molecular formula is C18H17BrN4OS. The topological polar surface area (TPSA) is 52.7 Å². The number of halogens is 1. The summed E-state index contributed by atoms with van der Waals surface area (Å²) in [7, 11) is 1.86. The molecule has 5 nitrogen and oxygen atoms in total. The molecule has 0 saturated heterocycles. The Kier molecular flexibility index (Phi) is 5.55. The van der Waals surface area contributed by atoms with Crippen LogP contribution >= 0.6 is 27.7 Å². The van der Waals surface area contributed by atoms with Crippen LogP contribution in [0.4, 0.5) is 0 Å². The van der Waals surface area contributed by atoms with Gasteiger partial charge in [0.25, 0.3) is 0 Å². The fraction of sp³-hybridized carbons (Fsp3) is 0.167. The highest BCUT2D eigenvalue weighted by atomic mass is 79.9. The lowest BCUT2D eigenvalue weighted by Crippen LogP contribution is -2.09. The van der Waals surface area contributed by atoms with Gasteiger partial charge in [0.05, 0.1) is 11.4 Å². The van der Waals surface area contributed by atoms with Gasteiger partial charge in [0.1, 0.15) is 0 Å². The molecule has 2 heterocycles. The van der Waals surface area contributed by atoms with Crippen molar-refractivity contribution in [3.63, 3.8) is 0 Å². The number of hydrogen-bond donors (Lipinski definition) is 0. The summed E-state index contributed by atoms with van der Waals surface area (Å²) < 4.78 is 4.80. The molecule has 0 aliphatic rings. The first-order valence-corrected chi connectivity index (χ1v) is 9.45. The second-order valence-corrected chi connectivity index (χ2v) is 7.29. The monoisotopic (exact) mass is 416 g/mol. The van der Waals surface area contributed by atoms with Crippen molar-refractivity contribution in [2.24, 2.45) is 7.05 Å². The van der Waals surface area contributed by atoms with Gasteiger partial charge in [-0.3, -0.25) is 9.36 Å². The summed E-state index contributed by atoms with van der Waals surface area (Å²) in [5.41, 5.74) is 1.66. The molecule has 0 spiro atoms. The van der Waals surface area contributed by atoms with Crippen molar-refractivity contribution in [1.82, 2.24) is 19.3 Å². The molecule has 3 rings (SSSR count). The predicted molar refractivity (Wildman–Crippen MR) is 104 cm³/mol. The van der Waals surface area contributed by atoms with Crippen LogP contribution < -0.4 is 0 Å². The van der Waals surface area contributed by atoms with Crippen molar-refractivity contribution in [2.75, 3.05) is 5.75 Å². The number of hydrogen-bond acceptors (Lipinski definition) is 4. The maximum absolute atomic E-state index is 12.4. The van der Waals surface area contributed by atoms with Crippen LogP contribution in [0.15, 0.2) is 64.9 Å². The van der Waals surface area contributed by atoms with Gasteiger partial charge >= 0.3 is 0 Å². The van der Waals surface area contributed by atoms with Crippen molar-refractivity contribution in [2.45, 2.75) is 11.7 Å². The average Bonchev–Trinajstić information content (AvgIpc) is 3.20.